The fourth-order valence-electron chi connectivity index (χ4n) is 2.69. The van der Waals surface area contributed by atoms with Crippen molar-refractivity contribution < 1.29 is 17.9 Å². The topological polar surface area (TPSA) is 75.7 Å². The summed E-state index contributed by atoms with van der Waals surface area (Å²) >= 11 is 0. The molecule has 7 heteroatoms. The monoisotopic (exact) mass is 390 g/mol. The van der Waals surface area contributed by atoms with Crippen molar-refractivity contribution in [1.29, 1.82) is 0 Å². The van der Waals surface area contributed by atoms with Gasteiger partial charge in [-0.2, -0.15) is 0 Å². The molecule has 27 heavy (non-hydrogen) atoms. The van der Waals surface area contributed by atoms with Gasteiger partial charge in [0.05, 0.1) is 18.6 Å². The Morgan fingerprint density at radius 1 is 1.04 bits per heavy atom. The van der Waals surface area contributed by atoms with Crippen molar-refractivity contribution in [3.63, 3.8) is 0 Å². The standard InChI is InChI=1S/C20H26N2O4S/c1-4-22(27(24,25)5-2)18-10-8-17(9-11-18)20(23)21-15-14-16-6-12-19(26-3)13-7-16/h6-13H,4-5,14-15H2,1-3H3,(H,21,23). The minimum Gasteiger partial charge on any atom is -0.497 e. The van der Waals surface area contributed by atoms with E-state index in [1.165, 1.54) is 4.31 Å². The lowest BCUT2D eigenvalue weighted by Crippen LogP contribution is -2.32. The first-order valence-corrected chi connectivity index (χ1v) is 10.5. The number of rotatable bonds is 9. The fraction of sp³-hybridized carbons (Fsp3) is 0.350. The van der Waals surface area contributed by atoms with E-state index in [1.54, 1.807) is 45.2 Å². The highest BCUT2D eigenvalue weighted by Crippen LogP contribution is 2.19. The number of anilines is 1. The summed E-state index contributed by atoms with van der Waals surface area (Å²) in [4.78, 5) is 12.3. The van der Waals surface area contributed by atoms with Gasteiger partial charge in [0.2, 0.25) is 10.0 Å². The van der Waals surface area contributed by atoms with Crippen LogP contribution in [0.15, 0.2) is 48.5 Å². The van der Waals surface area contributed by atoms with E-state index >= 15 is 0 Å². The Kier molecular flexibility index (Phi) is 7.24. The maximum absolute atomic E-state index is 12.3. The first kappa shape index (κ1) is 20.8. The number of hydrogen-bond donors (Lipinski definition) is 1. The minimum atomic E-state index is -3.32. The molecule has 0 spiro atoms. The average molecular weight is 391 g/mol. The predicted molar refractivity (Wildman–Crippen MR) is 108 cm³/mol. The highest BCUT2D eigenvalue weighted by atomic mass is 32.2. The Labute approximate surface area is 161 Å². The largest absolute Gasteiger partial charge is 0.497 e. The molecule has 146 valence electrons. The quantitative estimate of drug-likeness (QED) is 0.714. The van der Waals surface area contributed by atoms with Gasteiger partial charge in [0.15, 0.2) is 0 Å². The van der Waals surface area contributed by atoms with E-state index < -0.39 is 10.0 Å². The zero-order chi connectivity index (χ0) is 19.9. The van der Waals surface area contributed by atoms with E-state index in [0.29, 0.717) is 30.8 Å². The second-order valence-electron chi connectivity index (χ2n) is 5.97. The molecule has 0 heterocycles. The molecule has 0 aromatic heterocycles. The highest BCUT2D eigenvalue weighted by Gasteiger charge is 2.18. The van der Waals surface area contributed by atoms with Crippen LogP contribution in [0.1, 0.15) is 29.8 Å². The second-order valence-corrected chi connectivity index (χ2v) is 8.15. The highest BCUT2D eigenvalue weighted by molar-refractivity contribution is 7.92. The zero-order valence-corrected chi connectivity index (χ0v) is 16.8. The molecule has 1 N–H and O–H groups in total. The molecule has 1 amide bonds. The molecular weight excluding hydrogens is 364 g/mol. The van der Waals surface area contributed by atoms with Gasteiger partial charge < -0.3 is 10.1 Å². The molecule has 0 bridgehead atoms. The van der Waals surface area contributed by atoms with Gasteiger partial charge in [-0.15, -0.1) is 0 Å². The summed E-state index contributed by atoms with van der Waals surface area (Å²) in [6.07, 6.45) is 0.714. The Morgan fingerprint density at radius 2 is 1.67 bits per heavy atom. The van der Waals surface area contributed by atoms with Crippen LogP contribution in [0.4, 0.5) is 5.69 Å². The van der Waals surface area contributed by atoms with Crippen molar-refractivity contribution in [1.82, 2.24) is 5.32 Å². The lowest BCUT2D eigenvalue weighted by Gasteiger charge is -2.22. The molecule has 0 fully saturated rings. The number of nitrogens with one attached hydrogen (secondary N) is 1. The van der Waals surface area contributed by atoms with Crippen molar-refractivity contribution in [3.8, 4) is 5.75 Å². The molecule has 0 aliphatic rings. The normalized spacial score (nSPS) is 11.1. The molecule has 2 rings (SSSR count). The van der Waals surface area contributed by atoms with Gasteiger partial charge in [-0.1, -0.05) is 12.1 Å². The lowest BCUT2D eigenvalue weighted by atomic mass is 10.1. The van der Waals surface area contributed by atoms with Crippen molar-refractivity contribution in [2.75, 3.05) is 30.3 Å². The number of benzene rings is 2. The second kappa shape index (κ2) is 9.41. The fourth-order valence-corrected chi connectivity index (χ4v) is 3.84. The Hall–Kier alpha value is -2.54. The van der Waals surface area contributed by atoms with E-state index in [1.807, 2.05) is 24.3 Å². The van der Waals surface area contributed by atoms with Crippen LogP contribution < -0.4 is 14.4 Å². The van der Waals surface area contributed by atoms with Crippen LogP contribution in [0.3, 0.4) is 0 Å². The van der Waals surface area contributed by atoms with E-state index in [0.717, 1.165) is 11.3 Å². The van der Waals surface area contributed by atoms with Crippen LogP contribution in [0.2, 0.25) is 0 Å². The summed E-state index contributed by atoms with van der Waals surface area (Å²) in [5, 5.41) is 2.88. The minimum absolute atomic E-state index is 0.0361. The molecule has 2 aromatic carbocycles. The number of carbonyl (C=O) groups is 1. The number of sulfonamides is 1. The van der Waals surface area contributed by atoms with E-state index in [-0.39, 0.29) is 11.7 Å². The molecule has 0 radical (unpaired) electrons. The van der Waals surface area contributed by atoms with E-state index in [4.69, 9.17) is 4.74 Å². The van der Waals surface area contributed by atoms with Crippen molar-refractivity contribution in [2.45, 2.75) is 20.3 Å². The Balaban J connectivity index is 1.94. The SMILES string of the molecule is CCN(c1ccc(C(=O)NCCc2ccc(OC)cc2)cc1)S(=O)(=O)CC. The average Bonchev–Trinajstić information content (AvgIpc) is 2.69. The molecule has 0 aliphatic heterocycles. The summed E-state index contributed by atoms with van der Waals surface area (Å²) in [5.74, 6) is 0.652. The maximum atomic E-state index is 12.3. The van der Waals surface area contributed by atoms with Crippen LogP contribution in [0, 0.1) is 0 Å². The van der Waals surface area contributed by atoms with Crippen LogP contribution in [-0.4, -0.2) is 40.3 Å². The molecular formula is C20H26N2O4S. The Morgan fingerprint density at radius 3 is 2.19 bits per heavy atom. The van der Waals surface area contributed by atoms with Crippen LogP contribution in [-0.2, 0) is 16.4 Å². The maximum Gasteiger partial charge on any atom is 0.251 e. The Bertz CT molecular complexity index is 847. The van der Waals surface area contributed by atoms with Gasteiger partial charge in [-0.25, -0.2) is 8.42 Å². The molecule has 0 aliphatic carbocycles. The van der Waals surface area contributed by atoms with Crippen LogP contribution in [0.5, 0.6) is 5.75 Å². The summed E-state index contributed by atoms with van der Waals surface area (Å²) in [7, 11) is -1.70. The smallest absolute Gasteiger partial charge is 0.251 e. The molecule has 6 nitrogen and oxygen atoms in total. The van der Waals surface area contributed by atoms with Crippen LogP contribution >= 0.6 is 0 Å². The van der Waals surface area contributed by atoms with Crippen molar-refractivity contribution in [2.24, 2.45) is 0 Å². The van der Waals surface area contributed by atoms with Gasteiger partial charge in [-0.3, -0.25) is 9.10 Å². The number of methoxy groups -OCH3 is 1. The molecule has 0 saturated carbocycles. The van der Waals surface area contributed by atoms with Crippen molar-refractivity contribution >= 4 is 21.6 Å². The summed E-state index contributed by atoms with van der Waals surface area (Å²) in [5.41, 5.74) is 2.17. The number of nitrogens with zero attached hydrogens (tertiary/aromatic N) is 1. The molecule has 0 saturated heterocycles. The lowest BCUT2D eigenvalue weighted by molar-refractivity contribution is 0.0954. The first-order chi connectivity index (χ1) is 12.9. The van der Waals surface area contributed by atoms with Gasteiger partial charge in [0.1, 0.15) is 5.75 Å². The number of amides is 1. The third-order valence-corrected chi connectivity index (χ3v) is 6.13. The third kappa shape index (κ3) is 5.47. The van der Waals surface area contributed by atoms with Gasteiger partial charge >= 0.3 is 0 Å². The van der Waals surface area contributed by atoms with Gasteiger partial charge in [0.25, 0.3) is 5.91 Å². The molecule has 0 atom stereocenters. The third-order valence-electron chi connectivity index (χ3n) is 4.26. The summed E-state index contributed by atoms with van der Waals surface area (Å²) < 4.78 is 30.7. The summed E-state index contributed by atoms with van der Waals surface area (Å²) in [6, 6.07) is 14.3. The number of ether oxygens (including phenoxy) is 1. The van der Waals surface area contributed by atoms with Gasteiger partial charge in [0, 0.05) is 18.7 Å². The van der Waals surface area contributed by atoms with Crippen LogP contribution in [0.25, 0.3) is 0 Å². The molecule has 2 aromatic rings. The predicted octanol–water partition coefficient (Wildman–Crippen LogP) is 2.84. The molecule has 0 unspecified atom stereocenters. The zero-order valence-electron chi connectivity index (χ0n) is 15.9. The summed E-state index contributed by atoms with van der Waals surface area (Å²) in [6.45, 7) is 4.26. The van der Waals surface area contributed by atoms with Gasteiger partial charge in [-0.05, 0) is 62.2 Å². The number of carbonyl (C=O) groups excluding carboxylic acids is 1. The first-order valence-electron chi connectivity index (χ1n) is 8.92. The van der Waals surface area contributed by atoms with E-state index in [9.17, 15) is 13.2 Å². The van der Waals surface area contributed by atoms with E-state index in [2.05, 4.69) is 5.32 Å². The van der Waals surface area contributed by atoms with Crippen molar-refractivity contribution in [3.05, 3.63) is 59.7 Å². The number of hydrogen-bond acceptors (Lipinski definition) is 4.